The predicted octanol–water partition coefficient (Wildman–Crippen LogP) is 9.19. The standard InChI is InChI=1S/C13H9.C11H23Si2.2CH3.2ClH.Si.Zr/c1-3-7-12-10(5-1)9-11-6-2-4-8-13(11)12;1-12(2,3)10-8-7-9-11-13(4,5)6;;;;;;/h1-9H;8-10H,11H2,1-6H3;2*1H3;2*1H;;/q4*-1;;;;. The Morgan fingerprint density at radius 3 is 1.59 bits per heavy atom. The van der Waals surface area contributed by atoms with Crippen LogP contribution in [0, 0.1) is 20.9 Å². The van der Waals surface area contributed by atoms with Gasteiger partial charge in [-0.25, -0.2) is 11.8 Å². The van der Waals surface area contributed by atoms with E-state index < -0.39 is 16.1 Å². The number of hydrogen-bond acceptors (Lipinski definition) is 0. The zero-order valence-corrected chi connectivity index (χ0v) is 28.0. The van der Waals surface area contributed by atoms with Crippen molar-refractivity contribution in [3.8, 4) is 0 Å². The molecule has 0 aliphatic carbocycles. The van der Waals surface area contributed by atoms with Crippen LogP contribution in [0.25, 0.3) is 21.5 Å². The third kappa shape index (κ3) is 15.7. The quantitative estimate of drug-likeness (QED) is 0.160. The van der Waals surface area contributed by atoms with Gasteiger partial charge in [-0.3, -0.25) is 6.08 Å². The van der Waals surface area contributed by atoms with Gasteiger partial charge in [0.15, 0.2) is 0 Å². The van der Waals surface area contributed by atoms with E-state index in [4.69, 9.17) is 0 Å². The van der Waals surface area contributed by atoms with Crippen molar-refractivity contribution >= 4 is 69.4 Å². The minimum Gasteiger partial charge on any atom is -0.126 e. The van der Waals surface area contributed by atoms with Crippen LogP contribution in [-0.2, 0) is 23.3 Å². The Balaban J connectivity index is -0.000000204. The van der Waals surface area contributed by atoms with Gasteiger partial charge in [0.25, 0.3) is 0 Å². The molecule has 32 heavy (non-hydrogen) atoms. The molecule has 0 aliphatic heterocycles. The largest absolute Gasteiger partial charge is 0.126 e. The molecule has 3 aromatic rings. The molecule has 0 amide bonds. The first kappa shape index (κ1) is 39.1. The molecule has 0 N–H and O–H groups in total. The van der Waals surface area contributed by atoms with E-state index in [0.717, 1.165) is 0 Å². The summed E-state index contributed by atoms with van der Waals surface area (Å²) < 4.78 is 0. The van der Waals surface area contributed by atoms with E-state index in [2.05, 4.69) is 125 Å². The first-order chi connectivity index (χ1) is 13.2. The Morgan fingerprint density at radius 1 is 0.812 bits per heavy atom. The maximum Gasteiger partial charge on any atom is -0.0771 e. The predicted molar refractivity (Wildman–Crippen MR) is 159 cm³/mol. The van der Waals surface area contributed by atoms with Gasteiger partial charge in [-0.1, -0.05) is 81.7 Å². The fourth-order valence-electron chi connectivity index (χ4n) is 2.64. The van der Waals surface area contributed by atoms with Crippen molar-refractivity contribution in [2.45, 2.75) is 45.3 Å². The van der Waals surface area contributed by atoms with Crippen molar-refractivity contribution in [1.29, 1.82) is 0 Å². The smallest absolute Gasteiger partial charge is 0.0771 e. The number of benzene rings is 2. The number of rotatable bonds is 4. The molecular formula is C26H40Cl2Si3Zr-4. The molecule has 0 heterocycles. The van der Waals surface area contributed by atoms with Crippen molar-refractivity contribution in [3.05, 3.63) is 93.4 Å². The van der Waals surface area contributed by atoms with E-state index >= 15 is 0 Å². The molecule has 2 radical (unpaired) electrons. The maximum absolute atomic E-state index is 3.26. The van der Waals surface area contributed by atoms with Gasteiger partial charge in [0.05, 0.1) is 0 Å². The number of fused-ring (bicyclic) bond motifs is 3. The van der Waals surface area contributed by atoms with Crippen LogP contribution in [0.2, 0.25) is 45.3 Å². The SMILES string of the molecule is C[Si](C)(C)C=C[C-]=CC[Si](C)(C)C.Cl.Cl.[CH3-].[CH3-].[Si]=[Zr].c1ccc2c(c1)[cH-]c1ccccc12. The van der Waals surface area contributed by atoms with E-state index in [1.54, 1.807) is 0 Å². The Bertz CT molecular complexity index is 870. The molecule has 0 aromatic heterocycles. The summed E-state index contributed by atoms with van der Waals surface area (Å²) in [5.41, 5.74) is 2.33. The zero-order chi connectivity index (χ0) is 21.2. The summed E-state index contributed by atoms with van der Waals surface area (Å²) in [6.45, 7) is 17.2. The molecule has 3 rings (SSSR count). The Labute approximate surface area is 229 Å². The number of halogens is 2. The van der Waals surface area contributed by atoms with E-state index in [9.17, 15) is 0 Å². The topological polar surface area (TPSA) is 0 Å². The van der Waals surface area contributed by atoms with Crippen molar-refractivity contribution in [2.24, 2.45) is 0 Å². The van der Waals surface area contributed by atoms with Gasteiger partial charge in [0.1, 0.15) is 0 Å². The van der Waals surface area contributed by atoms with Crippen molar-refractivity contribution in [2.75, 3.05) is 0 Å². The average molecular weight is 599 g/mol. The minimum atomic E-state index is -1.00. The minimum absolute atomic E-state index is 0. The molecule has 178 valence electrons. The van der Waals surface area contributed by atoms with E-state index in [0.29, 0.717) is 0 Å². The molecular weight excluding hydrogens is 559 g/mol. The summed E-state index contributed by atoms with van der Waals surface area (Å²) in [4.78, 5) is 0. The molecule has 0 unspecified atom stereocenters. The van der Waals surface area contributed by atoms with Gasteiger partial charge in [-0.2, -0.15) is 6.08 Å². The molecule has 0 saturated carbocycles. The van der Waals surface area contributed by atoms with E-state index in [-0.39, 0.29) is 39.7 Å². The molecule has 0 nitrogen and oxygen atoms in total. The average Bonchev–Trinajstić information content (AvgIpc) is 3.00. The van der Waals surface area contributed by atoms with Crippen LogP contribution in [0.4, 0.5) is 0 Å². The molecule has 0 spiro atoms. The second-order valence-electron chi connectivity index (χ2n) is 9.15. The Hall–Kier alpha value is -0.0962. The normalized spacial score (nSPS) is 10.5. The van der Waals surface area contributed by atoms with Gasteiger partial charge in [0.2, 0.25) is 0 Å². The van der Waals surface area contributed by atoms with Gasteiger partial charge in [0, 0.05) is 8.07 Å². The van der Waals surface area contributed by atoms with Crippen molar-refractivity contribution in [3.63, 3.8) is 0 Å². The molecule has 0 fully saturated rings. The second-order valence-corrected chi connectivity index (χ2v) is 19.7. The van der Waals surface area contributed by atoms with Crippen LogP contribution in [0.15, 0.2) is 72.4 Å². The molecule has 0 saturated heterocycles. The second kappa shape index (κ2) is 19.2. The van der Waals surface area contributed by atoms with Crippen LogP contribution in [0.1, 0.15) is 0 Å². The molecule has 0 aliphatic rings. The van der Waals surface area contributed by atoms with Gasteiger partial charge in [-0.05, 0) is 8.07 Å². The molecule has 0 atom stereocenters. The Morgan fingerprint density at radius 2 is 1.22 bits per heavy atom. The van der Waals surface area contributed by atoms with Gasteiger partial charge < -0.3 is 14.9 Å². The van der Waals surface area contributed by atoms with Gasteiger partial charge >= 0.3 is 30.2 Å². The zero-order valence-electron chi connectivity index (χ0n) is 21.0. The monoisotopic (exact) mass is 596 g/mol. The van der Waals surface area contributed by atoms with E-state index in [1.165, 1.54) is 50.9 Å². The maximum atomic E-state index is 3.26. The summed E-state index contributed by atoms with van der Waals surface area (Å²) in [6.07, 6.45) is 7.56. The third-order valence-electron chi connectivity index (χ3n) is 4.03. The van der Waals surface area contributed by atoms with Crippen molar-refractivity contribution in [1.82, 2.24) is 0 Å². The summed E-state index contributed by atoms with van der Waals surface area (Å²) in [5.74, 6) is 0. The third-order valence-corrected chi connectivity index (χ3v) is 6.63. The summed E-state index contributed by atoms with van der Waals surface area (Å²) in [5, 5.41) is 5.39. The van der Waals surface area contributed by atoms with Crippen LogP contribution < -0.4 is 0 Å². The van der Waals surface area contributed by atoms with E-state index in [1.807, 2.05) is 0 Å². The summed E-state index contributed by atoms with van der Waals surface area (Å²) >= 11 is 1.36. The summed E-state index contributed by atoms with van der Waals surface area (Å²) in [6, 6.07) is 20.5. The van der Waals surface area contributed by atoms with Crippen LogP contribution in [0.3, 0.4) is 0 Å². The van der Waals surface area contributed by atoms with Crippen molar-refractivity contribution < 1.29 is 23.3 Å². The fourth-order valence-corrected chi connectivity index (χ4v) is 3.96. The fraction of sp³-hybridized carbons (Fsp3) is 0.269. The van der Waals surface area contributed by atoms with Crippen LogP contribution >= 0.6 is 24.8 Å². The molecule has 6 heteroatoms. The number of hydrogen-bond donors (Lipinski definition) is 0. The van der Waals surface area contributed by atoms with Crippen LogP contribution in [0.5, 0.6) is 0 Å². The van der Waals surface area contributed by atoms with Crippen LogP contribution in [-0.4, -0.2) is 23.0 Å². The number of allylic oxidation sites excluding steroid dienone is 3. The van der Waals surface area contributed by atoms with Gasteiger partial charge in [-0.15, -0.1) is 64.6 Å². The first-order valence-electron chi connectivity index (χ1n) is 9.69. The summed E-state index contributed by atoms with van der Waals surface area (Å²) in [7, 11) is -1.90. The Kier molecular flexibility index (Phi) is 23.5. The molecule has 3 aromatic carbocycles. The molecule has 0 bridgehead atoms. The first-order valence-corrected chi connectivity index (χ1v) is 21.2.